The topological polar surface area (TPSA) is 27.7 Å². The first kappa shape index (κ1) is 13.1. The summed E-state index contributed by atoms with van der Waals surface area (Å²) in [5.41, 5.74) is 1.02. The maximum atomic E-state index is 6.14. The van der Waals surface area contributed by atoms with Gasteiger partial charge in [-0.1, -0.05) is 37.3 Å². The van der Waals surface area contributed by atoms with E-state index in [0.29, 0.717) is 13.2 Å². The van der Waals surface area contributed by atoms with E-state index in [-0.39, 0.29) is 11.0 Å². The Bertz CT molecular complexity index is 444. The molecule has 0 aliphatic carbocycles. The van der Waals surface area contributed by atoms with Gasteiger partial charge in [0.05, 0.1) is 18.8 Å². The van der Waals surface area contributed by atoms with Gasteiger partial charge < -0.3 is 14.2 Å². The van der Waals surface area contributed by atoms with Crippen LogP contribution in [0.2, 0.25) is 0 Å². The van der Waals surface area contributed by atoms with Crippen LogP contribution in [0.15, 0.2) is 30.3 Å². The highest BCUT2D eigenvalue weighted by Crippen LogP contribution is 2.50. The monoisotopic (exact) mass is 262 g/mol. The summed E-state index contributed by atoms with van der Waals surface area (Å²) in [6.07, 6.45) is 1.63. The summed E-state index contributed by atoms with van der Waals surface area (Å²) in [6.45, 7) is 7.83. The molecule has 1 aromatic rings. The van der Waals surface area contributed by atoms with Crippen LogP contribution < -0.4 is 0 Å². The summed E-state index contributed by atoms with van der Waals surface area (Å²) >= 11 is 0. The molecule has 2 bridgehead atoms. The van der Waals surface area contributed by atoms with Crippen molar-refractivity contribution in [2.45, 2.75) is 45.2 Å². The van der Waals surface area contributed by atoms with E-state index in [4.69, 9.17) is 14.2 Å². The van der Waals surface area contributed by atoms with Crippen LogP contribution in [0.3, 0.4) is 0 Å². The molecule has 1 aromatic carbocycles. The van der Waals surface area contributed by atoms with Crippen LogP contribution in [-0.4, -0.2) is 24.8 Å². The van der Waals surface area contributed by atoms with Crippen LogP contribution in [0.5, 0.6) is 0 Å². The molecule has 0 unspecified atom stereocenters. The second-order valence-corrected chi connectivity index (χ2v) is 6.42. The zero-order chi connectivity index (χ0) is 13.6. The fraction of sp³-hybridized carbons (Fsp3) is 0.625. The van der Waals surface area contributed by atoms with Crippen LogP contribution >= 0.6 is 0 Å². The Labute approximate surface area is 114 Å². The number of ether oxygens (including phenoxy) is 3. The SMILES string of the molecule is CC12COC(CCc3ccccc3)(OC1)OC2(C)C. The Morgan fingerprint density at radius 2 is 1.63 bits per heavy atom. The lowest BCUT2D eigenvalue weighted by Gasteiger charge is -2.59. The fourth-order valence-corrected chi connectivity index (χ4v) is 2.68. The number of hydrogen-bond acceptors (Lipinski definition) is 3. The third-order valence-corrected chi connectivity index (χ3v) is 4.65. The van der Waals surface area contributed by atoms with Gasteiger partial charge in [-0.3, -0.25) is 0 Å². The average molecular weight is 262 g/mol. The van der Waals surface area contributed by atoms with Crippen molar-refractivity contribution < 1.29 is 14.2 Å². The van der Waals surface area contributed by atoms with E-state index < -0.39 is 5.97 Å². The van der Waals surface area contributed by atoms with Gasteiger partial charge in [0.15, 0.2) is 0 Å². The van der Waals surface area contributed by atoms with Crippen molar-refractivity contribution in [3.05, 3.63) is 35.9 Å². The summed E-state index contributed by atoms with van der Waals surface area (Å²) in [5.74, 6) is -0.850. The Hall–Kier alpha value is -0.900. The molecule has 19 heavy (non-hydrogen) atoms. The molecule has 3 aliphatic heterocycles. The Morgan fingerprint density at radius 1 is 1.00 bits per heavy atom. The molecule has 3 nitrogen and oxygen atoms in total. The van der Waals surface area contributed by atoms with Crippen molar-refractivity contribution in [1.82, 2.24) is 0 Å². The van der Waals surface area contributed by atoms with Gasteiger partial charge >= 0.3 is 0 Å². The normalized spacial score (nSPS) is 36.4. The summed E-state index contributed by atoms with van der Waals surface area (Å²) in [6, 6.07) is 10.4. The minimum Gasteiger partial charge on any atom is -0.327 e. The standard InChI is InChI=1S/C16H22O3/c1-14(2)15(3)11-17-16(19-14,18-12-15)10-9-13-7-5-4-6-8-13/h4-8H,9-12H2,1-3H3. The lowest BCUT2D eigenvalue weighted by molar-refractivity contribution is -0.507. The van der Waals surface area contributed by atoms with Gasteiger partial charge in [-0.2, -0.15) is 0 Å². The predicted octanol–water partition coefficient (Wildman–Crippen LogP) is 3.13. The van der Waals surface area contributed by atoms with Crippen molar-refractivity contribution in [1.29, 1.82) is 0 Å². The largest absolute Gasteiger partial charge is 0.327 e. The molecule has 4 rings (SSSR count). The molecule has 104 valence electrons. The van der Waals surface area contributed by atoms with E-state index in [1.54, 1.807) is 0 Å². The number of hydrogen-bond donors (Lipinski definition) is 0. The van der Waals surface area contributed by atoms with Crippen LogP contribution in [0, 0.1) is 5.41 Å². The molecule has 0 aromatic heterocycles. The molecule has 3 aliphatic rings. The molecule has 3 heterocycles. The van der Waals surface area contributed by atoms with Crippen molar-refractivity contribution in [2.75, 3.05) is 13.2 Å². The van der Waals surface area contributed by atoms with Crippen molar-refractivity contribution in [2.24, 2.45) is 5.41 Å². The molecule has 0 N–H and O–H groups in total. The van der Waals surface area contributed by atoms with Gasteiger partial charge in [0.1, 0.15) is 0 Å². The van der Waals surface area contributed by atoms with Gasteiger partial charge in [0.2, 0.25) is 0 Å². The van der Waals surface area contributed by atoms with Gasteiger partial charge in [-0.05, 0) is 25.8 Å². The first-order valence-corrected chi connectivity index (χ1v) is 6.97. The zero-order valence-corrected chi connectivity index (χ0v) is 11.9. The molecule has 0 spiro atoms. The molecule has 0 amide bonds. The second kappa shape index (κ2) is 4.30. The molecular weight excluding hydrogens is 240 g/mol. The molecule has 3 heteroatoms. The van der Waals surface area contributed by atoms with E-state index in [1.807, 2.05) is 6.07 Å². The first-order chi connectivity index (χ1) is 8.95. The van der Waals surface area contributed by atoms with E-state index in [1.165, 1.54) is 5.56 Å². The molecular formula is C16H22O3. The minimum atomic E-state index is -0.850. The maximum absolute atomic E-state index is 6.14. The number of benzene rings is 1. The highest BCUT2D eigenvalue weighted by Gasteiger charge is 2.59. The van der Waals surface area contributed by atoms with E-state index >= 15 is 0 Å². The number of aryl methyl sites for hydroxylation is 1. The fourth-order valence-electron chi connectivity index (χ4n) is 2.68. The summed E-state index contributed by atoms with van der Waals surface area (Å²) in [5, 5.41) is 0. The van der Waals surface area contributed by atoms with Crippen LogP contribution in [0.25, 0.3) is 0 Å². The van der Waals surface area contributed by atoms with Crippen LogP contribution in [-0.2, 0) is 20.6 Å². The highest BCUT2D eigenvalue weighted by molar-refractivity contribution is 5.15. The number of rotatable bonds is 3. The van der Waals surface area contributed by atoms with Crippen molar-refractivity contribution in [3.63, 3.8) is 0 Å². The zero-order valence-electron chi connectivity index (χ0n) is 11.9. The third kappa shape index (κ3) is 2.20. The van der Waals surface area contributed by atoms with Crippen LogP contribution in [0.4, 0.5) is 0 Å². The third-order valence-electron chi connectivity index (χ3n) is 4.65. The van der Waals surface area contributed by atoms with Gasteiger partial charge in [0.25, 0.3) is 5.97 Å². The average Bonchev–Trinajstić information content (AvgIpc) is 2.40. The summed E-state index contributed by atoms with van der Waals surface area (Å²) < 4.78 is 17.9. The summed E-state index contributed by atoms with van der Waals surface area (Å²) in [7, 11) is 0. The van der Waals surface area contributed by atoms with Crippen molar-refractivity contribution >= 4 is 0 Å². The van der Waals surface area contributed by atoms with Gasteiger partial charge in [-0.25, -0.2) is 0 Å². The van der Waals surface area contributed by atoms with Crippen molar-refractivity contribution in [3.8, 4) is 0 Å². The Morgan fingerprint density at radius 3 is 2.21 bits per heavy atom. The van der Waals surface area contributed by atoms with E-state index in [2.05, 4.69) is 45.0 Å². The van der Waals surface area contributed by atoms with E-state index in [0.717, 1.165) is 12.8 Å². The number of fused-ring (bicyclic) bond motifs is 3. The lowest BCUT2D eigenvalue weighted by Crippen LogP contribution is -2.67. The predicted molar refractivity (Wildman–Crippen MR) is 72.7 cm³/mol. The smallest absolute Gasteiger partial charge is 0.283 e. The minimum absolute atomic E-state index is 0.0541. The van der Waals surface area contributed by atoms with Crippen LogP contribution in [0.1, 0.15) is 32.8 Å². The first-order valence-electron chi connectivity index (χ1n) is 6.97. The molecule has 3 saturated heterocycles. The lowest BCUT2D eigenvalue weighted by atomic mass is 9.74. The van der Waals surface area contributed by atoms with Gasteiger partial charge in [0, 0.05) is 11.8 Å². The molecule has 0 saturated carbocycles. The Kier molecular flexibility index (Phi) is 2.97. The Balaban J connectivity index is 1.71. The quantitative estimate of drug-likeness (QED) is 0.837. The maximum Gasteiger partial charge on any atom is 0.283 e. The molecule has 0 atom stereocenters. The highest BCUT2D eigenvalue weighted by atomic mass is 16.9. The second-order valence-electron chi connectivity index (χ2n) is 6.42. The van der Waals surface area contributed by atoms with Gasteiger partial charge in [-0.15, -0.1) is 0 Å². The summed E-state index contributed by atoms with van der Waals surface area (Å²) in [4.78, 5) is 0. The molecule has 3 fully saturated rings. The molecule has 0 radical (unpaired) electrons. The van der Waals surface area contributed by atoms with E-state index in [9.17, 15) is 0 Å².